The molecule has 0 aliphatic carbocycles. The Kier molecular flexibility index (Phi) is 4.57. The Morgan fingerprint density at radius 3 is 2.10 bits per heavy atom. The lowest BCUT2D eigenvalue weighted by molar-refractivity contribution is -0.158. The van der Waals surface area contributed by atoms with Crippen molar-refractivity contribution in [1.29, 1.82) is 5.26 Å². The van der Waals surface area contributed by atoms with Crippen molar-refractivity contribution >= 4 is 5.97 Å². The Morgan fingerprint density at radius 1 is 1.20 bits per heavy atom. The van der Waals surface area contributed by atoms with Crippen LogP contribution >= 0.6 is 0 Å². The van der Waals surface area contributed by atoms with Gasteiger partial charge in [-0.2, -0.15) is 5.26 Å². The van der Waals surface area contributed by atoms with E-state index in [4.69, 9.17) is 15.7 Å². The van der Waals surface area contributed by atoms with Gasteiger partial charge in [0.25, 0.3) is 0 Å². The van der Waals surface area contributed by atoms with Gasteiger partial charge in [-0.1, -0.05) is 26.0 Å². The minimum atomic E-state index is -0.769. The van der Waals surface area contributed by atoms with Gasteiger partial charge in [0.05, 0.1) is 11.6 Å². The fraction of sp³-hybridized carbons (Fsp3) is 0.500. The van der Waals surface area contributed by atoms with E-state index in [1.54, 1.807) is 12.1 Å². The first-order chi connectivity index (χ1) is 9.08. The zero-order valence-corrected chi connectivity index (χ0v) is 12.7. The first kappa shape index (κ1) is 16.2. The molecule has 0 saturated carbocycles. The van der Waals surface area contributed by atoms with Crippen molar-refractivity contribution in [3.63, 3.8) is 0 Å². The highest BCUT2D eigenvalue weighted by molar-refractivity contribution is 5.78. The molecule has 0 aromatic heterocycles. The molecule has 20 heavy (non-hydrogen) atoms. The van der Waals surface area contributed by atoms with Crippen LogP contribution in [0.15, 0.2) is 24.3 Å². The number of esters is 1. The molecule has 0 aliphatic rings. The Balaban J connectivity index is 2.96. The number of nitrogens with two attached hydrogens (primary N) is 1. The van der Waals surface area contributed by atoms with E-state index in [9.17, 15) is 4.79 Å². The molecule has 1 rings (SSSR count). The normalized spacial score (nSPS) is 13.4. The van der Waals surface area contributed by atoms with E-state index in [1.807, 2.05) is 46.8 Å². The Labute approximate surface area is 120 Å². The standard InChI is InChI=1S/C16H22N2O2/c1-15(2,3)20-14(19)13(18)16(4,5)12-8-6-11(10-17)7-9-12/h6-9,13H,18H2,1-5H3. The molecule has 0 saturated heterocycles. The molecule has 4 nitrogen and oxygen atoms in total. The number of rotatable bonds is 3. The van der Waals surface area contributed by atoms with Gasteiger partial charge in [0.2, 0.25) is 0 Å². The third kappa shape index (κ3) is 3.82. The average Bonchev–Trinajstić information content (AvgIpc) is 2.35. The zero-order chi connectivity index (χ0) is 15.6. The van der Waals surface area contributed by atoms with Crippen LogP contribution in [0.25, 0.3) is 0 Å². The lowest BCUT2D eigenvalue weighted by Crippen LogP contribution is -2.49. The number of nitriles is 1. The van der Waals surface area contributed by atoms with Crippen molar-refractivity contribution in [3.05, 3.63) is 35.4 Å². The van der Waals surface area contributed by atoms with Crippen LogP contribution in [0.4, 0.5) is 0 Å². The van der Waals surface area contributed by atoms with E-state index in [-0.39, 0.29) is 0 Å². The lowest BCUT2D eigenvalue weighted by atomic mass is 9.78. The topological polar surface area (TPSA) is 76.1 Å². The van der Waals surface area contributed by atoms with Crippen molar-refractivity contribution in [2.75, 3.05) is 0 Å². The quantitative estimate of drug-likeness (QED) is 0.859. The maximum Gasteiger partial charge on any atom is 0.324 e. The van der Waals surface area contributed by atoms with Crippen LogP contribution in [-0.4, -0.2) is 17.6 Å². The number of carbonyl (C=O) groups excluding carboxylic acids is 1. The minimum Gasteiger partial charge on any atom is -0.459 e. The molecule has 0 bridgehead atoms. The summed E-state index contributed by atoms with van der Waals surface area (Å²) in [7, 11) is 0. The van der Waals surface area contributed by atoms with E-state index >= 15 is 0 Å². The highest BCUT2D eigenvalue weighted by Crippen LogP contribution is 2.28. The molecular weight excluding hydrogens is 252 g/mol. The first-order valence-corrected chi connectivity index (χ1v) is 6.57. The van der Waals surface area contributed by atoms with E-state index in [0.29, 0.717) is 5.56 Å². The van der Waals surface area contributed by atoms with Gasteiger partial charge in [-0.05, 0) is 38.5 Å². The largest absolute Gasteiger partial charge is 0.459 e. The van der Waals surface area contributed by atoms with Gasteiger partial charge in [-0.25, -0.2) is 0 Å². The highest BCUT2D eigenvalue weighted by atomic mass is 16.6. The van der Waals surface area contributed by atoms with Crippen LogP contribution in [0.1, 0.15) is 45.7 Å². The molecule has 4 heteroatoms. The Hall–Kier alpha value is -1.86. The molecule has 0 amide bonds. The summed E-state index contributed by atoms with van der Waals surface area (Å²) in [4.78, 5) is 12.1. The van der Waals surface area contributed by atoms with Gasteiger partial charge in [-0.3, -0.25) is 4.79 Å². The van der Waals surface area contributed by atoms with Crippen LogP contribution < -0.4 is 5.73 Å². The molecule has 108 valence electrons. The Morgan fingerprint density at radius 2 is 1.70 bits per heavy atom. The number of hydrogen-bond acceptors (Lipinski definition) is 4. The number of carbonyl (C=O) groups is 1. The van der Waals surface area contributed by atoms with Gasteiger partial charge in [0.15, 0.2) is 0 Å². The van der Waals surface area contributed by atoms with Crippen molar-refractivity contribution in [2.45, 2.75) is 51.7 Å². The van der Waals surface area contributed by atoms with E-state index in [0.717, 1.165) is 5.56 Å². The monoisotopic (exact) mass is 274 g/mol. The van der Waals surface area contributed by atoms with Crippen LogP contribution in [0.2, 0.25) is 0 Å². The van der Waals surface area contributed by atoms with Crippen molar-refractivity contribution in [3.8, 4) is 6.07 Å². The Bertz CT molecular complexity index is 519. The van der Waals surface area contributed by atoms with Gasteiger partial charge in [0, 0.05) is 5.41 Å². The molecule has 1 aromatic carbocycles. The SMILES string of the molecule is CC(C)(C)OC(=O)C(N)C(C)(C)c1ccc(C#N)cc1. The second kappa shape index (κ2) is 5.64. The average molecular weight is 274 g/mol. The molecule has 2 N–H and O–H groups in total. The molecule has 1 unspecified atom stereocenters. The second-order valence-electron chi connectivity index (χ2n) is 6.42. The summed E-state index contributed by atoms with van der Waals surface area (Å²) in [5.41, 5.74) is 6.41. The van der Waals surface area contributed by atoms with E-state index in [1.165, 1.54) is 0 Å². The molecule has 1 atom stereocenters. The van der Waals surface area contributed by atoms with Gasteiger partial charge in [0.1, 0.15) is 11.6 Å². The molecule has 0 heterocycles. The number of ether oxygens (including phenoxy) is 1. The summed E-state index contributed by atoms with van der Waals surface area (Å²) in [5.74, 6) is -0.424. The van der Waals surface area contributed by atoms with Gasteiger partial charge in [-0.15, -0.1) is 0 Å². The zero-order valence-electron chi connectivity index (χ0n) is 12.7. The smallest absolute Gasteiger partial charge is 0.324 e. The molecule has 1 aromatic rings. The number of hydrogen-bond donors (Lipinski definition) is 1. The third-order valence-corrected chi connectivity index (χ3v) is 3.20. The summed E-state index contributed by atoms with van der Waals surface area (Å²) in [5, 5.41) is 8.81. The molecule has 0 radical (unpaired) electrons. The first-order valence-electron chi connectivity index (χ1n) is 6.57. The van der Waals surface area contributed by atoms with Crippen LogP contribution in [0.5, 0.6) is 0 Å². The van der Waals surface area contributed by atoms with Crippen molar-refractivity contribution < 1.29 is 9.53 Å². The van der Waals surface area contributed by atoms with Crippen LogP contribution in [0, 0.1) is 11.3 Å². The maximum absolute atomic E-state index is 12.1. The fourth-order valence-electron chi connectivity index (χ4n) is 1.81. The minimum absolute atomic E-state index is 0.424. The van der Waals surface area contributed by atoms with Crippen molar-refractivity contribution in [2.24, 2.45) is 5.73 Å². The van der Waals surface area contributed by atoms with E-state index in [2.05, 4.69) is 6.07 Å². The van der Waals surface area contributed by atoms with Crippen LogP contribution in [-0.2, 0) is 14.9 Å². The number of benzene rings is 1. The predicted octanol–water partition coefficient (Wildman–Crippen LogP) is 2.50. The maximum atomic E-state index is 12.1. The van der Waals surface area contributed by atoms with Gasteiger partial charge >= 0.3 is 5.97 Å². The predicted molar refractivity (Wildman–Crippen MR) is 78.0 cm³/mol. The third-order valence-electron chi connectivity index (χ3n) is 3.20. The van der Waals surface area contributed by atoms with Crippen molar-refractivity contribution in [1.82, 2.24) is 0 Å². The molecule has 0 fully saturated rings. The summed E-state index contributed by atoms with van der Waals surface area (Å²) in [6.45, 7) is 9.22. The molecule has 0 spiro atoms. The summed E-state index contributed by atoms with van der Waals surface area (Å²) >= 11 is 0. The molecule has 0 aliphatic heterocycles. The van der Waals surface area contributed by atoms with Crippen LogP contribution in [0.3, 0.4) is 0 Å². The lowest BCUT2D eigenvalue weighted by Gasteiger charge is -2.32. The second-order valence-corrected chi connectivity index (χ2v) is 6.42. The highest BCUT2D eigenvalue weighted by Gasteiger charge is 2.36. The number of nitrogens with zero attached hydrogens (tertiary/aromatic N) is 1. The summed E-state index contributed by atoms with van der Waals surface area (Å²) in [6.07, 6.45) is 0. The molecular formula is C16H22N2O2. The summed E-state index contributed by atoms with van der Waals surface area (Å²) < 4.78 is 5.34. The van der Waals surface area contributed by atoms with E-state index < -0.39 is 23.0 Å². The fourth-order valence-corrected chi connectivity index (χ4v) is 1.81. The summed E-state index contributed by atoms with van der Waals surface area (Å²) in [6, 6.07) is 8.38. The van der Waals surface area contributed by atoms with Gasteiger partial charge < -0.3 is 10.5 Å².